The lowest BCUT2D eigenvalue weighted by molar-refractivity contribution is 0.174. The molecule has 2 aromatic rings. The van der Waals surface area contributed by atoms with Crippen molar-refractivity contribution in [3.05, 3.63) is 46.5 Å². The van der Waals surface area contributed by atoms with E-state index in [1.807, 2.05) is 12.3 Å². The van der Waals surface area contributed by atoms with Crippen molar-refractivity contribution in [1.29, 1.82) is 0 Å². The lowest BCUT2D eigenvalue weighted by Crippen LogP contribution is -2.22. The van der Waals surface area contributed by atoms with Crippen molar-refractivity contribution in [2.75, 3.05) is 21.0 Å². The fourth-order valence-electron chi connectivity index (χ4n) is 4.19. The lowest BCUT2D eigenvalue weighted by Gasteiger charge is -2.35. The van der Waals surface area contributed by atoms with Gasteiger partial charge >= 0.3 is 0 Å². The summed E-state index contributed by atoms with van der Waals surface area (Å²) in [5, 5.41) is 0. The fraction of sp³-hybridized carbons (Fsp3) is 0.350. The van der Waals surface area contributed by atoms with Gasteiger partial charge in [-0.15, -0.1) is 0 Å². The van der Waals surface area contributed by atoms with Crippen LogP contribution in [0, 0.1) is 0 Å². The largest absolute Gasteiger partial charge is 0.493 e. The van der Waals surface area contributed by atoms with Gasteiger partial charge < -0.3 is 18.9 Å². The normalized spacial score (nSPS) is 22.0. The van der Waals surface area contributed by atoms with E-state index in [1.54, 1.807) is 14.2 Å². The van der Waals surface area contributed by atoms with Gasteiger partial charge in [-0.2, -0.15) is 0 Å². The molecule has 0 amide bonds. The van der Waals surface area contributed by atoms with E-state index in [0.717, 1.165) is 41.4 Å². The van der Waals surface area contributed by atoms with E-state index in [9.17, 15) is 0 Å². The molecule has 5 rings (SSSR count). The molecule has 5 nitrogen and oxygen atoms in total. The van der Waals surface area contributed by atoms with Gasteiger partial charge in [0, 0.05) is 12.1 Å². The van der Waals surface area contributed by atoms with Crippen LogP contribution in [0.1, 0.15) is 40.6 Å². The molecule has 128 valence electrons. The zero-order chi connectivity index (χ0) is 17.0. The third-order valence-corrected chi connectivity index (χ3v) is 5.42. The summed E-state index contributed by atoms with van der Waals surface area (Å²) in [7, 11) is 3.34. The van der Waals surface area contributed by atoms with Crippen molar-refractivity contribution < 1.29 is 18.9 Å². The van der Waals surface area contributed by atoms with Crippen molar-refractivity contribution in [2.45, 2.75) is 24.8 Å². The highest BCUT2D eigenvalue weighted by atomic mass is 16.7. The van der Waals surface area contributed by atoms with Gasteiger partial charge in [-0.05, 0) is 59.4 Å². The average molecular weight is 337 g/mol. The molecule has 3 aliphatic rings. The fourth-order valence-corrected chi connectivity index (χ4v) is 4.19. The number of benzene rings is 2. The Balaban J connectivity index is 1.61. The first-order chi connectivity index (χ1) is 12.3. The van der Waals surface area contributed by atoms with Gasteiger partial charge in [0.15, 0.2) is 23.0 Å². The molecule has 2 atom stereocenters. The first-order valence-electron chi connectivity index (χ1n) is 8.50. The van der Waals surface area contributed by atoms with E-state index in [0.29, 0.717) is 12.7 Å². The first-order valence-corrected chi connectivity index (χ1v) is 8.50. The highest BCUT2D eigenvalue weighted by Gasteiger charge is 2.36. The van der Waals surface area contributed by atoms with Crippen LogP contribution in [-0.2, 0) is 6.42 Å². The number of aliphatic imine (C=N–C) groups is 1. The van der Waals surface area contributed by atoms with Gasteiger partial charge in [0.2, 0.25) is 6.79 Å². The van der Waals surface area contributed by atoms with Crippen LogP contribution in [0.25, 0.3) is 0 Å². The Bertz CT molecular complexity index is 890. The minimum atomic E-state index is 0.115. The van der Waals surface area contributed by atoms with Crippen LogP contribution in [0.5, 0.6) is 23.0 Å². The van der Waals surface area contributed by atoms with Crippen molar-refractivity contribution >= 4 is 6.21 Å². The Morgan fingerprint density at radius 3 is 2.52 bits per heavy atom. The Labute approximate surface area is 146 Å². The van der Waals surface area contributed by atoms with Crippen LogP contribution in [0.4, 0.5) is 0 Å². The van der Waals surface area contributed by atoms with Crippen LogP contribution in [-0.4, -0.2) is 27.2 Å². The predicted octanol–water partition coefficient (Wildman–Crippen LogP) is 3.64. The van der Waals surface area contributed by atoms with Crippen LogP contribution < -0.4 is 18.9 Å². The highest BCUT2D eigenvalue weighted by Crippen LogP contribution is 2.50. The molecule has 0 fully saturated rings. The number of methoxy groups -OCH3 is 2. The lowest BCUT2D eigenvalue weighted by atomic mass is 9.74. The number of hydrogen-bond donors (Lipinski definition) is 0. The minimum absolute atomic E-state index is 0.115. The van der Waals surface area contributed by atoms with Crippen molar-refractivity contribution in [3.63, 3.8) is 0 Å². The molecule has 2 aromatic carbocycles. The molecule has 0 saturated heterocycles. The van der Waals surface area contributed by atoms with E-state index in [1.165, 1.54) is 16.7 Å². The molecular formula is C20H19NO4. The van der Waals surface area contributed by atoms with E-state index < -0.39 is 0 Å². The van der Waals surface area contributed by atoms with Crippen LogP contribution in [0.3, 0.4) is 0 Å². The summed E-state index contributed by atoms with van der Waals surface area (Å²) in [4.78, 5) is 4.87. The molecule has 0 radical (unpaired) electrons. The zero-order valence-electron chi connectivity index (χ0n) is 14.2. The van der Waals surface area contributed by atoms with Crippen molar-refractivity contribution in [3.8, 4) is 23.0 Å². The summed E-state index contributed by atoms with van der Waals surface area (Å²) in [5.74, 6) is 3.53. The SMILES string of the molecule is COc1cc2c(cc1OC)[C@H]1CCc3cc4c(cc3[C@@H]1N=C2)OCO4. The Kier molecular flexibility index (Phi) is 3.17. The topological polar surface area (TPSA) is 49.3 Å². The smallest absolute Gasteiger partial charge is 0.231 e. The van der Waals surface area contributed by atoms with E-state index in [4.69, 9.17) is 23.9 Å². The second-order valence-corrected chi connectivity index (χ2v) is 6.61. The third kappa shape index (κ3) is 2.11. The molecule has 2 aliphatic heterocycles. The quantitative estimate of drug-likeness (QED) is 0.839. The second kappa shape index (κ2) is 5.41. The van der Waals surface area contributed by atoms with Gasteiger partial charge in [0.05, 0.1) is 20.3 Å². The predicted molar refractivity (Wildman–Crippen MR) is 93.5 cm³/mol. The van der Waals surface area contributed by atoms with E-state index in [2.05, 4.69) is 18.2 Å². The monoisotopic (exact) mass is 337 g/mol. The summed E-state index contributed by atoms with van der Waals surface area (Å²) in [5.41, 5.74) is 4.95. The van der Waals surface area contributed by atoms with Gasteiger partial charge in [-0.1, -0.05) is 0 Å². The van der Waals surface area contributed by atoms with Gasteiger partial charge in [-0.3, -0.25) is 4.99 Å². The Morgan fingerprint density at radius 2 is 1.72 bits per heavy atom. The van der Waals surface area contributed by atoms with Gasteiger partial charge in [0.1, 0.15) is 0 Å². The Morgan fingerprint density at radius 1 is 0.960 bits per heavy atom. The number of rotatable bonds is 2. The molecular weight excluding hydrogens is 318 g/mol. The van der Waals surface area contributed by atoms with Crippen molar-refractivity contribution in [1.82, 2.24) is 0 Å². The van der Waals surface area contributed by atoms with E-state index >= 15 is 0 Å². The molecule has 0 unspecified atom stereocenters. The molecule has 0 bridgehead atoms. The summed E-state index contributed by atoms with van der Waals surface area (Å²) >= 11 is 0. The Hall–Kier alpha value is -2.69. The average Bonchev–Trinajstić information content (AvgIpc) is 3.11. The summed E-state index contributed by atoms with van der Waals surface area (Å²) < 4.78 is 22.0. The van der Waals surface area contributed by atoms with Gasteiger partial charge in [0.25, 0.3) is 0 Å². The molecule has 0 aromatic heterocycles. The number of ether oxygens (including phenoxy) is 4. The molecule has 2 heterocycles. The molecule has 5 heteroatoms. The maximum atomic E-state index is 5.57. The van der Waals surface area contributed by atoms with Crippen LogP contribution >= 0.6 is 0 Å². The minimum Gasteiger partial charge on any atom is -0.493 e. The molecule has 0 spiro atoms. The molecule has 0 N–H and O–H groups in total. The number of nitrogens with zero attached hydrogens (tertiary/aromatic N) is 1. The number of fused-ring (bicyclic) bond motifs is 6. The summed E-state index contributed by atoms with van der Waals surface area (Å²) in [6.07, 6.45) is 4.02. The second-order valence-electron chi connectivity index (χ2n) is 6.61. The third-order valence-electron chi connectivity index (χ3n) is 5.42. The van der Waals surface area contributed by atoms with E-state index in [-0.39, 0.29) is 6.04 Å². The zero-order valence-corrected chi connectivity index (χ0v) is 14.2. The standard InChI is InChI=1S/C20H19NO4/c1-22-16-6-12-9-21-20-13(14(12)7-17(16)23-2)4-3-11-5-18-19(8-15(11)20)25-10-24-18/h5-9,13,20H,3-4,10H2,1-2H3/t13-,20-/m1/s1. The summed E-state index contributed by atoms with van der Waals surface area (Å²) in [6, 6.07) is 8.47. The molecule has 0 saturated carbocycles. The highest BCUT2D eigenvalue weighted by molar-refractivity contribution is 5.85. The molecule has 1 aliphatic carbocycles. The van der Waals surface area contributed by atoms with Crippen LogP contribution in [0.2, 0.25) is 0 Å². The maximum absolute atomic E-state index is 5.57. The first kappa shape index (κ1) is 14.6. The number of aryl methyl sites for hydroxylation is 1. The van der Waals surface area contributed by atoms with Crippen molar-refractivity contribution in [2.24, 2.45) is 4.99 Å². The van der Waals surface area contributed by atoms with Gasteiger partial charge in [-0.25, -0.2) is 0 Å². The summed E-state index contributed by atoms with van der Waals surface area (Å²) in [6.45, 7) is 0.301. The maximum Gasteiger partial charge on any atom is 0.231 e. The molecule has 25 heavy (non-hydrogen) atoms. The van der Waals surface area contributed by atoms with Crippen LogP contribution in [0.15, 0.2) is 29.3 Å². The number of hydrogen-bond acceptors (Lipinski definition) is 5.